The molecule has 0 bridgehead atoms. The molecule has 1 amide bonds. The molecule has 0 aliphatic heterocycles. The Morgan fingerprint density at radius 3 is 2.42 bits per heavy atom. The van der Waals surface area contributed by atoms with Crippen molar-refractivity contribution in [1.82, 2.24) is 10.2 Å². The first-order valence-electron chi connectivity index (χ1n) is 3.95. The van der Waals surface area contributed by atoms with Crippen LogP contribution >= 0.6 is 0 Å². The van der Waals surface area contributed by atoms with Gasteiger partial charge in [-0.1, -0.05) is 0 Å². The number of hydrogen-bond donors (Lipinski definition) is 1. The van der Waals surface area contributed by atoms with Gasteiger partial charge in [0, 0.05) is 20.0 Å². The molecule has 4 nitrogen and oxygen atoms in total. The van der Waals surface area contributed by atoms with Crippen molar-refractivity contribution in [3.05, 3.63) is 0 Å². The van der Waals surface area contributed by atoms with E-state index in [2.05, 4.69) is 5.32 Å². The molecule has 0 spiro atoms. The Bertz CT molecular complexity index is 168. The van der Waals surface area contributed by atoms with Crippen molar-refractivity contribution < 1.29 is 9.59 Å². The van der Waals surface area contributed by atoms with E-state index < -0.39 is 0 Å². The second-order valence-electron chi connectivity index (χ2n) is 2.86. The molecule has 1 N–H and O–H groups in total. The van der Waals surface area contributed by atoms with Crippen LogP contribution in [-0.4, -0.2) is 43.8 Å². The van der Waals surface area contributed by atoms with E-state index in [-0.39, 0.29) is 11.7 Å². The second-order valence-corrected chi connectivity index (χ2v) is 2.86. The lowest BCUT2D eigenvalue weighted by Crippen LogP contribution is -2.34. The molecule has 70 valence electrons. The van der Waals surface area contributed by atoms with Crippen molar-refractivity contribution >= 4 is 11.7 Å². The molecule has 12 heavy (non-hydrogen) atoms. The van der Waals surface area contributed by atoms with Crippen molar-refractivity contribution in [1.29, 1.82) is 0 Å². The molecule has 0 aromatic rings. The monoisotopic (exact) mass is 172 g/mol. The average molecular weight is 172 g/mol. The first-order chi connectivity index (χ1) is 5.56. The van der Waals surface area contributed by atoms with Crippen LogP contribution in [0.1, 0.15) is 13.3 Å². The fourth-order valence-electron chi connectivity index (χ4n) is 0.752. The molecule has 0 fully saturated rings. The van der Waals surface area contributed by atoms with Gasteiger partial charge in [-0.2, -0.15) is 0 Å². The molecule has 0 radical (unpaired) electrons. The average Bonchev–Trinajstić information content (AvgIpc) is 2.00. The lowest BCUT2D eigenvalue weighted by atomic mass is 10.3. The van der Waals surface area contributed by atoms with Gasteiger partial charge in [0.15, 0.2) is 0 Å². The van der Waals surface area contributed by atoms with Gasteiger partial charge in [0.1, 0.15) is 5.78 Å². The zero-order valence-corrected chi connectivity index (χ0v) is 7.89. The van der Waals surface area contributed by atoms with Crippen molar-refractivity contribution in [2.45, 2.75) is 13.3 Å². The highest BCUT2D eigenvalue weighted by atomic mass is 16.2. The Morgan fingerprint density at radius 2 is 2.00 bits per heavy atom. The van der Waals surface area contributed by atoms with E-state index in [0.29, 0.717) is 19.5 Å². The van der Waals surface area contributed by atoms with E-state index >= 15 is 0 Å². The summed E-state index contributed by atoms with van der Waals surface area (Å²) in [5.41, 5.74) is 0. The third-order valence-electron chi connectivity index (χ3n) is 1.54. The number of amides is 1. The molecule has 0 saturated heterocycles. The van der Waals surface area contributed by atoms with Crippen molar-refractivity contribution in [3.8, 4) is 0 Å². The maximum absolute atomic E-state index is 10.8. The van der Waals surface area contributed by atoms with Gasteiger partial charge in [0.05, 0.1) is 6.54 Å². The number of nitrogens with zero attached hydrogens (tertiary/aromatic N) is 1. The van der Waals surface area contributed by atoms with E-state index in [1.807, 2.05) is 11.9 Å². The number of likely N-dealkylation sites (N-methyl/N-ethyl adjacent to an activating group) is 2. The maximum atomic E-state index is 10.8. The van der Waals surface area contributed by atoms with E-state index in [1.165, 1.54) is 0 Å². The zero-order valence-electron chi connectivity index (χ0n) is 7.89. The lowest BCUT2D eigenvalue weighted by Gasteiger charge is -2.13. The zero-order chi connectivity index (χ0) is 9.56. The van der Waals surface area contributed by atoms with E-state index in [9.17, 15) is 9.59 Å². The van der Waals surface area contributed by atoms with Gasteiger partial charge in [0.25, 0.3) is 0 Å². The summed E-state index contributed by atoms with van der Waals surface area (Å²) in [6.07, 6.45) is 0.507. The van der Waals surface area contributed by atoms with Crippen LogP contribution in [0.2, 0.25) is 0 Å². The SMILES string of the molecule is CNC(=O)CN(C)CCC(C)=O. The van der Waals surface area contributed by atoms with Crippen LogP contribution in [0.5, 0.6) is 0 Å². The van der Waals surface area contributed by atoms with Gasteiger partial charge in [-0.15, -0.1) is 0 Å². The van der Waals surface area contributed by atoms with Crippen molar-refractivity contribution in [3.63, 3.8) is 0 Å². The quantitative estimate of drug-likeness (QED) is 0.616. The highest BCUT2D eigenvalue weighted by Crippen LogP contribution is 1.87. The normalized spacial score (nSPS) is 10.0. The summed E-state index contributed by atoms with van der Waals surface area (Å²) in [7, 11) is 3.42. The van der Waals surface area contributed by atoms with E-state index in [1.54, 1.807) is 14.0 Å². The van der Waals surface area contributed by atoms with Crippen LogP contribution in [-0.2, 0) is 9.59 Å². The Labute approximate surface area is 72.9 Å². The molecule has 0 aromatic carbocycles. The number of rotatable bonds is 5. The van der Waals surface area contributed by atoms with Crippen LogP contribution in [0.4, 0.5) is 0 Å². The summed E-state index contributed by atoms with van der Waals surface area (Å²) in [6, 6.07) is 0. The molecule has 0 atom stereocenters. The third kappa shape index (κ3) is 5.85. The highest BCUT2D eigenvalue weighted by molar-refractivity contribution is 5.78. The Kier molecular flexibility index (Phi) is 5.28. The molecule has 4 heteroatoms. The number of Topliss-reactive ketones (excluding diaryl/α,β-unsaturated/α-hetero) is 1. The topological polar surface area (TPSA) is 49.4 Å². The van der Waals surface area contributed by atoms with E-state index in [0.717, 1.165) is 0 Å². The van der Waals surface area contributed by atoms with E-state index in [4.69, 9.17) is 0 Å². The third-order valence-corrected chi connectivity index (χ3v) is 1.54. The number of carbonyl (C=O) groups excluding carboxylic acids is 2. The molecule has 0 aliphatic carbocycles. The van der Waals surface area contributed by atoms with Crippen LogP contribution < -0.4 is 5.32 Å². The van der Waals surface area contributed by atoms with Gasteiger partial charge in [-0.3, -0.25) is 14.5 Å². The van der Waals surface area contributed by atoms with Gasteiger partial charge >= 0.3 is 0 Å². The fraction of sp³-hybridized carbons (Fsp3) is 0.750. The first-order valence-corrected chi connectivity index (χ1v) is 3.95. The largest absolute Gasteiger partial charge is 0.358 e. The Balaban J connectivity index is 3.52. The molecule has 0 unspecified atom stereocenters. The summed E-state index contributed by atoms with van der Waals surface area (Å²) < 4.78 is 0. The summed E-state index contributed by atoms with van der Waals surface area (Å²) >= 11 is 0. The minimum Gasteiger partial charge on any atom is -0.358 e. The molecule has 0 aliphatic rings. The lowest BCUT2D eigenvalue weighted by molar-refractivity contribution is -0.122. The van der Waals surface area contributed by atoms with Gasteiger partial charge in [-0.25, -0.2) is 0 Å². The number of carbonyl (C=O) groups is 2. The Hall–Kier alpha value is -0.900. The van der Waals surface area contributed by atoms with Crippen LogP contribution in [0.25, 0.3) is 0 Å². The first kappa shape index (κ1) is 11.1. The van der Waals surface area contributed by atoms with Crippen LogP contribution in [0, 0.1) is 0 Å². The maximum Gasteiger partial charge on any atom is 0.233 e. The minimum atomic E-state index is -0.0268. The van der Waals surface area contributed by atoms with Gasteiger partial charge < -0.3 is 5.32 Å². The predicted octanol–water partition coefficient (Wildman–Crippen LogP) is -0.357. The summed E-state index contributed by atoms with van der Waals surface area (Å²) in [4.78, 5) is 23.2. The predicted molar refractivity (Wildman–Crippen MR) is 46.9 cm³/mol. The highest BCUT2D eigenvalue weighted by Gasteiger charge is 2.04. The molecular weight excluding hydrogens is 156 g/mol. The summed E-state index contributed by atoms with van der Waals surface area (Å²) in [6.45, 7) is 2.54. The molecule has 0 heterocycles. The Morgan fingerprint density at radius 1 is 1.42 bits per heavy atom. The van der Waals surface area contributed by atoms with Crippen molar-refractivity contribution in [2.24, 2.45) is 0 Å². The standard InChI is InChI=1S/C8H16N2O2/c1-7(11)4-5-10(3)6-8(12)9-2/h4-6H2,1-3H3,(H,9,12). The molecule has 0 saturated carbocycles. The van der Waals surface area contributed by atoms with Crippen LogP contribution in [0.15, 0.2) is 0 Å². The summed E-state index contributed by atoms with van der Waals surface area (Å²) in [5, 5.41) is 2.52. The number of ketones is 1. The number of hydrogen-bond acceptors (Lipinski definition) is 3. The minimum absolute atomic E-state index is 0.0268. The summed E-state index contributed by atoms with van der Waals surface area (Å²) in [5.74, 6) is 0.125. The van der Waals surface area contributed by atoms with Gasteiger partial charge in [-0.05, 0) is 14.0 Å². The van der Waals surface area contributed by atoms with Crippen molar-refractivity contribution in [2.75, 3.05) is 27.2 Å². The smallest absolute Gasteiger partial charge is 0.233 e. The molecule has 0 rings (SSSR count). The number of nitrogens with one attached hydrogen (secondary N) is 1. The van der Waals surface area contributed by atoms with Crippen LogP contribution in [0.3, 0.4) is 0 Å². The fourth-order valence-corrected chi connectivity index (χ4v) is 0.752. The molecule has 0 aromatic heterocycles. The molecular formula is C8H16N2O2. The van der Waals surface area contributed by atoms with Gasteiger partial charge in [0.2, 0.25) is 5.91 Å². The second kappa shape index (κ2) is 5.71.